The second-order valence-electron chi connectivity index (χ2n) is 3.67. The minimum atomic E-state index is -0.229. The Morgan fingerprint density at radius 1 is 1.06 bits per heavy atom. The summed E-state index contributed by atoms with van der Waals surface area (Å²) in [6.07, 6.45) is 0. The van der Waals surface area contributed by atoms with E-state index in [1.54, 1.807) is 36.4 Å². The largest absolute Gasteiger partial charge is 0.396 e. The molecule has 2 rings (SSSR count). The predicted molar refractivity (Wildman–Crippen MR) is 75.3 cm³/mol. The van der Waals surface area contributed by atoms with Crippen LogP contribution in [-0.2, 0) is 0 Å². The van der Waals surface area contributed by atoms with Gasteiger partial charge in [-0.3, -0.25) is 4.79 Å². The van der Waals surface area contributed by atoms with Crippen molar-refractivity contribution in [3.05, 3.63) is 58.1 Å². The lowest BCUT2D eigenvalue weighted by Gasteiger charge is -2.08. The van der Waals surface area contributed by atoms with Crippen molar-refractivity contribution in [3.63, 3.8) is 0 Å². The van der Waals surface area contributed by atoms with Crippen LogP contribution < -0.4 is 11.1 Å². The third-order valence-corrected chi connectivity index (χ3v) is 3.00. The van der Waals surface area contributed by atoms with Crippen molar-refractivity contribution < 1.29 is 4.79 Å². The minimum absolute atomic E-state index is 0.229. The molecule has 2 aromatic carbocycles. The van der Waals surface area contributed by atoms with Crippen molar-refractivity contribution in [2.24, 2.45) is 0 Å². The molecule has 0 saturated heterocycles. The number of nitrogen functional groups attached to an aromatic ring is 1. The molecule has 0 aliphatic heterocycles. The summed E-state index contributed by atoms with van der Waals surface area (Å²) < 4.78 is 0. The van der Waals surface area contributed by atoms with Gasteiger partial charge in [-0.05, 0) is 24.3 Å². The second kappa shape index (κ2) is 5.29. The van der Waals surface area contributed by atoms with Gasteiger partial charge in [0, 0.05) is 11.3 Å². The fourth-order valence-electron chi connectivity index (χ4n) is 1.45. The molecule has 0 aliphatic carbocycles. The first-order valence-electron chi connectivity index (χ1n) is 5.19. The number of halogens is 2. The van der Waals surface area contributed by atoms with E-state index in [2.05, 4.69) is 5.32 Å². The van der Waals surface area contributed by atoms with Crippen LogP contribution in [0.2, 0.25) is 10.0 Å². The summed E-state index contributed by atoms with van der Waals surface area (Å²) >= 11 is 11.8. The van der Waals surface area contributed by atoms with Gasteiger partial charge < -0.3 is 11.1 Å². The first-order chi connectivity index (χ1) is 8.58. The smallest absolute Gasteiger partial charge is 0.255 e. The van der Waals surface area contributed by atoms with Crippen LogP contribution in [0.5, 0.6) is 0 Å². The summed E-state index contributed by atoms with van der Waals surface area (Å²) in [7, 11) is 0. The Morgan fingerprint density at radius 3 is 2.17 bits per heavy atom. The summed E-state index contributed by atoms with van der Waals surface area (Å²) in [5.74, 6) is -0.229. The predicted octanol–water partition coefficient (Wildman–Crippen LogP) is 3.83. The van der Waals surface area contributed by atoms with E-state index in [1.807, 2.05) is 6.07 Å². The van der Waals surface area contributed by atoms with E-state index in [0.717, 1.165) is 0 Å². The van der Waals surface area contributed by atoms with E-state index in [-0.39, 0.29) is 5.91 Å². The lowest BCUT2D eigenvalue weighted by molar-refractivity contribution is 0.102. The number of hydrogen-bond acceptors (Lipinski definition) is 2. The summed E-state index contributed by atoms with van der Waals surface area (Å²) in [4.78, 5) is 11.9. The normalized spacial score (nSPS) is 10.1. The van der Waals surface area contributed by atoms with Gasteiger partial charge >= 0.3 is 0 Å². The molecule has 2 aromatic rings. The zero-order valence-corrected chi connectivity index (χ0v) is 10.8. The maximum atomic E-state index is 11.9. The number of hydrogen-bond donors (Lipinski definition) is 2. The average Bonchev–Trinajstić information content (AvgIpc) is 2.37. The van der Waals surface area contributed by atoms with Gasteiger partial charge in [0.2, 0.25) is 0 Å². The van der Waals surface area contributed by atoms with Gasteiger partial charge in [-0.1, -0.05) is 41.4 Å². The van der Waals surface area contributed by atoms with Crippen molar-refractivity contribution in [1.82, 2.24) is 0 Å². The zero-order chi connectivity index (χ0) is 13.1. The number of amides is 1. The molecule has 0 aliphatic rings. The van der Waals surface area contributed by atoms with Crippen LogP contribution in [0.1, 0.15) is 10.4 Å². The molecule has 0 saturated carbocycles. The molecular weight excluding hydrogens is 271 g/mol. The van der Waals surface area contributed by atoms with Gasteiger partial charge in [0.25, 0.3) is 5.91 Å². The number of nitrogens with one attached hydrogen (secondary N) is 1. The van der Waals surface area contributed by atoms with Crippen molar-refractivity contribution >= 4 is 40.5 Å². The molecule has 0 fully saturated rings. The molecule has 0 unspecified atom stereocenters. The molecule has 0 spiro atoms. The fourth-order valence-corrected chi connectivity index (χ4v) is 1.94. The number of carbonyl (C=O) groups excluding carboxylic acids is 1. The monoisotopic (exact) mass is 280 g/mol. The van der Waals surface area contributed by atoms with Crippen molar-refractivity contribution in [3.8, 4) is 0 Å². The first kappa shape index (κ1) is 12.7. The van der Waals surface area contributed by atoms with E-state index in [0.29, 0.717) is 27.0 Å². The highest BCUT2D eigenvalue weighted by molar-refractivity contribution is 6.39. The molecule has 92 valence electrons. The Morgan fingerprint density at radius 2 is 1.61 bits per heavy atom. The van der Waals surface area contributed by atoms with Crippen LogP contribution in [0.25, 0.3) is 0 Å². The minimum Gasteiger partial charge on any atom is -0.396 e. The van der Waals surface area contributed by atoms with Gasteiger partial charge in [-0.15, -0.1) is 0 Å². The Bertz CT molecular complexity index is 562. The molecule has 3 nitrogen and oxygen atoms in total. The van der Waals surface area contributed by atoms with Gasteiger partial charge in [0.15, 0.2) is 0 Å². The van der Waals surface area contributed by atoms with Gasteiger partial charge in [0.05, 0.1) is 15.7 Å². The van der Waals surface area contributed by atoms with E-state index >= 15 is 0 Å². The van der Waals surface area contributed by atoms with E-state index < -0.39 is 0 Å². The Kier molecular flexibility index (Phi) is 3.75. The molecule has 18 heavy (non-hydrogen) atoms. The topological polar surface area (TPSA) is 55.1 Å². The molecule has 0 bridgehead atoms. The maximum Gasteiger partial charge on any atom is 0.255 e. The van der Waals surface area contributed by atoms with Crippen molar-refractivity contribution in [2.45, 2.75) is 0 Å². The van der Waals surface area contributed by atoms with Gasteiger partial charge in [-0.25, -0.2) is 0 Å². The molecule has 0 heterocycles. The highest BCUT2D eigenvalue weighted by Gasteiger charge is 2.09. The van der Waals surface area contributed by atoms with Gasteiger partial charge in [-0.2, -0.15) is 0 Å². The molecule has 1 amide bonds. The lowest BCUT2D eigenvalue weighted by atomic mass is 10.2. The highest BCUT2D eigenvalue weighted by atomic mass is 35.5. The number of carbonyl (C=O) groups is 1. The summed E-state index contributed by atoms with van der Waals surface area (Å²) in [5, 5.41) is 3.33. The Balaban J connectivity index is 2.23. The van der Waals surface area contributed by atoms with Crippen LogP contribution in [-0.4, -0.2) is 5.91 Å². The van der Waals surface area contributed by atoms with E-state index in [4.69, 9.17) is 28.9 Å². The highest BCUT2D eigenvalue weighted by Crippen LogP contribution is 2.31. The Hall–Kier alpha value is -1.71. The summed E-state index contributed by atoms with van der Waals surface area (Å²) in [5.41, 5.74) is 6.98. The van der Waals surface area contributed by atoms with Crippen molar-refractivity contribution in [2.75, 3.05) is 11.1 Å². The third kappa shape index (κ3) is 2.75. The molecule has 5 heteroatoms. The standard InChI is InChI=1S/C13H10Cl2N2O/c14-10-6-9(7-11(15)12(10)16)17-13(18)8-4-2-1-3-5-8/h1-7H,16H2,(H,17,18). The van der Waals surface area contributed by atoms with E-state index in [9.17, 15) is 4.79 Å². The first-order valence-corrected chi connectivity index (χ1v) is 5.94. The van der Waals surface area contributed by atoms with E-state index in [1.165, 1.54) is 0 Å². The number of anilines is 2. The molecular formula is C13H10Cl2N2O. The van der Waals surface area contributed by atoms with Crippen LogP contribution in [0.4, 0.5) is 11.4 Å². The summed E-state index contributed by atoms with van der Waals surface area (Å²) in [6.45, 7) is 0. The molecule has 3 N–H and O–H groups in total. The maximum absolute atomic E-state index is 11.9. The van der Waals surface area contributed by atoms with Crippen LogP contribution in [0.15, 0.2) is 42.5 Å². The zero-order valence-electron chi connectivity index (χ0n) is 9.28. The number of benzene rings is 2. The molecule has 0 radical (unpaired) electrons. The Labute approximate surface area is 115 Å². The SMILES string of the molecule is Nc1c(Cl)cc(NC(=O)c2ccccc2)cc1Cl. The second-order valence-corrected chi connectivity index (χ2v) is 4.49. The number of nitrogens with two attached hydrogens (primary N) is 1. The average molecular weight is 281 g/mol. The lowest BCUT2D eigenvalue weighted by Crippen LogP contribution is -2.11. The van der Waals surface area contributed by atoms with Gasteiger partial charge in [0.1, 0.15) is 0 Å². The molecule has 0 aromatic heterocycles. The van der Waals surface area contributed by atoms with Crippen LogP contribution in [0, 0.1) is 0 Å². The van der Waals surface area contributed by atoms with Crippen LogP contribution in [0.3, 0.4) is 0 Å². The number of rotatable bonds is 2. The molecule has 0 atom stereocenters. The summed E-state index contributed by atoms with van der Waals surface area (Å²) in [6, 6.07) is 12.0. The third-order valence-electron chi connectivity index (χ3n) is 2.37. The van der Waals surface area contributed by atoms with Crippen LogP contribution >= 0.6 is 23.2 Å². The fraction of sp³-hybridized carbons (Fsp3) is 0. The van der Waals surface area contributed by atoms with Crippen molar-refractivity contribution in [1.29, 1.82) is 0 Å². The quantitative estimate of drug-likeness (QED) is 0.822.